The largest absolute Gasteiger partial charge is 0.497 e. The van der Waals surface area contributed by atoms with Gasteiger partial charge in [0.25, 0.3) is 0 Å². The smallest absolute Gasteiger partial charge is 0.244 e. The van der Waals surface area contributed by atoms with Crippen LogP contribution in [0, 0.1) is 20.8 Å². The Hall–Kier alpha value is -4.40. The summed E-state index contributed by atoms with van der Waals surface area (Å²) >= 11 is 27.6. The molecule has 3 aromatic heterocycles. The van der Waals surface area contributed by atoms with Crippen molar-refractivity contribution in [2.75, 3.05) is 52.4 Å². The quantitative estimate of drug-likeness (QED) is 0.155. The van der Waals surface area contributed by atoms with E-state index in [0.717, 1.165) is 64.2 Å². The molecule has 1 amide bonds. The van der Waals surface area contributed by atoms with Gasteiger partial charge in [-0.05, 0) is 73.1 Å². The first kappa shape index (κ1) is 42.7. The van der Waals surface area contributed by atoms with E-state index >= 15 is 0 Å². The highest BCUT2D eigenvalue weighted by atomic mass is 79.9. The third-order valence-electron chi connectivity index (χ3n) is 8.94. The summed E-state index contributed by atoms with van der Waals surface area (Å²) in [7, 11) is 4.85. The molecular formula is C39H41BrCl4N8O4. The van der Waals surface area contributed by atoms with Gasteiger partial charge in [0.05, 0.1) is 58.5 Å². The van der Waals surface area contributed by atoms with E-state index in [2.05, 4.69) is 46.3 Å². The Morgan fingerprint density at radius 2 is 1.32 bits per heavy atom. The van der Waals surface area contributed by atoms with E-state index < -0.39 is 0 Å². The zero-order valence-corrected chi connectivity index (χ0v) is 36.2. The van der Waals surface area contributed by atoms with Crippen molar-refractivity contribution in [2.24, 2.45) is 0 Å². The average molecular weight is 908 g/mol. The lowest BCUT2D eigenvalue weighted by atomic mass is 10.1. The van der Waals surface area contributed by atoms with Gasteiger partial charge in [-0.15, -0.1) is 0 Å². The van der Waals surface area contributed by atoms with Crippen molar-refractivity contribution in [3.63, 3.8) is 0 Å². The number of hydrogen-bond acceptors (Lipinski definition) is 8. The standard InChI is InChI=1S/C24H26Cl2N4O3.C11H11ClN2O.C4H4BrClN2/c1-16-23(26)24(17-5-4-6-19(13-17)32-2)27-30(16)15-22(31)29-11-9-28(10-12-29)18-7-8-20(25)21(14-18)33-3;1-7-10(12)11(14-13-7)8-4-3-5-9(6-8)15-2;1-2-3(6)4(5)8-7-2/h4-8,13-14H,9-12,15H2,1-3H3;3-6H,1-2H3,(H,13,14);1H3,(H,7,8). The molecule has 0 spiro atoms. The first-order valence-electron chi connectivity index (χ1n) is 17.3. The fourth-order valence-corrected chi connectivity index (χ4v) is 6.79. The number of hydrogen-bond donors (Lipinski definition) is 2. The van der Waals surface area contributed by atoms with Crippen molar-refractivity contribution in [3.8, 4) is 39.8 Å². The van der Waals surface area contributed by atoms with Gasteiger partial charge in [-0.3, -0.25) is 19.7 Å². The highest BCUT2D eigenvalue weighted by Gasteiger charge is 2.24. The average Bonchev–Trinajstić information content (AvgIpc) is 3.83. The first-order valence-corrected chi connectivity index (χ1v) is 19.6. The molecule has 2 N–H and O–H groups in total. The number of aromatic amines is 2. The third kappa shape index (κ3) is 10.3. The van der Waals surface area contributed by atoms with Crippen molar-refractivity contribution >= 4 is 73.9 Å². The van der Waals surface area contributed by atoms with Crippen LogP contribution in [0.1, 0.15) is 17.1 Å². The number of aromatic nitrogens is 6. The second-order valence-electron chi connectivity index (χ2n) is 12.5. The van der Waals surface area contributed by atoms with Gasteiger partial charge in [0.15, 0.2) is 0 Å². The van der Waals surface area contributed by atoms with Crippen LogP contribution < -0.4 is 19.1 Å². The summed E-state index contributed by atoms with van der Waals surface area (Å²) < 4.78 is 18.1. The number of amides is 1. The second kappa shape index (κ2) is 19.6. The predicted molar refractivity (Wildman–Crippen MR) is 227 cm³/mol. The highest BCUT2D eigenvalue weighted by molar-refractivity contribution is 9.10. The fraction of sp³-hybridized carbons (Fsp3) is 0.282. The van der Waals surface area contributed by atoms with Crippen LogP contribution in [0.5, 0.6) is 17.2 Å². The van der Waals surface area contributed by atoms with Gasteiger partial charge < -0.3 is 24.0 Å². The summed E-state index contributed by atoms with van der Waals surface area (Å²) in [5.41, 5.74) is 6.74. The maximum Gasteiger partial charge on any atom is 0.244 e. The number of rotatable bonds is 8. The van der Waals surface area contributed by atoms with Gasteiger partial charge in [0.2, 0.25) is 5.91 Å². The number of aryl methyl sites for hydroxylation is 2. The molecular weight excluding hydrogens is 866 g/mol. The Morgan fingerprint density at radius 3 is 1.82 bits per heavy atom. The van der Waals surface area contributed by atoms with Crippen LogP contribution in [0.15, 0.2) is 71.3 Å². The van der Waals surface area contributed by atoms with Crippen LogP contribution in [0.3, 0.4) is 0 Å². The van der Waals surface area contributed by atoms with Crippen LogP contribution >= 0.6 is 62.3 Å². The summed E-state index contributed by atoms with van der Waals surface area (Å²) in [6, 6.07) is 20.9. The number of anilines is 1. The van der Waals surface area contributed by atoms with Crippen LogP contribution in [0.2, 0.25) is 20.1 Å². The number of piperazine rings is 1. The minimum atomic E-state index is 0.0165. The molecule has 0 saturated carbocycles. The zero-order chi connectivity index (χ0) is 40.5. The maximum absolute atomic E-state index is 13.0. The number of carbonyl (C=O) groups is 1. The zero-order valence-electron chi connectivity index (χ0n) is 31.6. The molecule has 3 aromatic carbocycles. The molecule has 0 radical (unpaired) electrons. The second-order valence-corrected chi connectivity index (χ2v) is 14.8. The Kier molecular flexibility index (Phi) is 15.0. The highest BCUT2D eigenvalue weighted by Crippen LogP contribution is 2.33. The Bertz CT molecular complexity index is 2250. The number of nitrogens with one attached hydrogen (secondary N) is 2. The van der Waals surface area contributed by atoms with Crippen molar-refractivity contribution < 1.29 is 19.0 Å². The van der Waals surface area contributed by atoms with E-state index in [1.165, 1.54) is 0 Å². The molecule has 17 heteroatoms. The molecule has 0 aliphatic carbocycles. The summed E-state index contributed by atoms with van der Waals surface area (Å²) in [6.45, 7) is 8.47. The number of halogens is 5. The molecule has 296 valence electrons. The van der Waals surface area contributed by atoms with Gasteiger partial charge in [0, 0.05) is 49.1 Å². The maximum atomic E-state index is 13.0. The molecule has 0 atom stereocenters. The van der Waals surface area contributed by atoms with Crippen LogP contribution in [0.25, 0.3) is 22.5 Å². The van der Waals surface area contributed by atoms with E-state index in [9.17, 15) is 4.79 Å². The lowest BCUT2D eigenvalue weighted by molar-refractivity contribution is -0.132. The van der Waals surface area contributed by atoms with Gasteiger partial charge in [-0.25, -0.2) is 0 Å². The van der Waals surface area contributed by atoms with Crippen molar-refractivity contribution in [2.45, 2.75) is 27.3 Å². The summed E-state index contributed by atoms with van der Waals surface area (Å²) in [5.74, 6) is 2.18. The lowest BCUT2D eigenvalue weighted by Gasteiger charge is -2.36. The topological polar surface area (TPSA) is 126 Å². The van der Waals surface area contributed by atoms with Gasteiger partial charge >= 0.3 is 0 Å². The van der Waals surface area contributed by atoms with Crippen molar-refractivity contribution in [1.82, 2.24) is 35.1 Å². The van der Waals surface area contributed by atoms with Crippen LogP contribution in [-0.4, -0.2) is 88.5 Å². The van der Waals surface area contributed by atoms with E-state index in [0.29, 0.717) is 49.2 Å². The van der Waals surface area contributed by atoms with Crippen LogP contribution in [-0.2, 0) is 11.3 Å². The molecule has 0 unspecified atom stereocenters. The van der Waals surface area contributed by atoms with Crippen LogP contribution in [0.4, 0.5) is 5.69 Å². The van der Waals surface area contributed by atoms with Crippen molar-refractivity contribution in [1.29, 1.82) is 0 Å². The van der Waals surface area contributed by atoms with E-state index in [-0.39, 0.29) is 12.5 Å². The molecule has 1 saturated heterocycles. The lowest BCUT2D eigenvalue weighted by Crippen LogP contribution is -2.49. The number of carbonyl (C=O) groups excluding carboxylic acids is 1. The first-order chi connectivity index (χ1) is 26.8. The minimum Gasteiger partial charge on any atom is -0.497 e. The molecule has 7 rings (SSSR count). The van der Waals surface area contributed by atoms with Gasteiger partial charge in [0.1, 0.15) is 39.8 Å². The molecule has 12 nitrogen and oxygen atoms in total. The molecule has 1 aliphatic rings. The summed E-state index contributed by atoms with van der Waals surface area (Å²) in [5, 5.41) is 20.5. The van der Waals surface area contributed by atoms with E-state index in [4.69, 9.17) is 60.6 Å². The van der Waals surface area contributed by atoms with E-state index in [1.807, 2.05) is 92.4 Å². The monoisotopic (exact) mass is 904 g/mol. The van der Waals surface area contributed by atoms with Crippen molar-refractivity contribution in [3.05, 3.63) is 109 Å². The Labute approximate surface area is 354 Å². The minimum absolute atomic E-state index is 0.0165. The SMILES string of the molecule is COc1cccc(-c2n[nH]c(C)c2Cl)c1.COc1cccc(-c2nn(CC(=O)N3CCN(c4ccc(Cl)c(OC)c4)CC3)c(C)c2Cl)c1.Cc1[nH]nc(Br)c1Cl. The number of H-pyrrole nitrogens is 2. The normalized spacial score (nSPS) is 12.3. The number of nitrogens with zero attached hydrogens (tertiary/aromatic N) is 6. The molecule has 1 aliphatic heterocycles. The third-order valence-corrected chi connectivity index (χ3v) is 11.4. The summed E-state index contributed by atoms with van der Waals surface area (Å²) in [4.78, 5) is 17.1. The van der Waals surface area contributed by atoms with Gasteiger partial charge in [-0.1, -0.05) is 70.7 Å². The Balaban J connectivity index is 0.000000212. The summed E-state index contributed by atoms with van der Waals surface area (Å²) in [6.07, 6.45) is 0. The molecule has 6 aromatic rings. The predicted octanol–water partition coefficient (Wildman–Crippen LogP) is 9.71. The number of methoxy groups -OCH3 is 3. The fourth-order valence-electron chi connectivity index (χ4n) is 5.68. The molecule has 1 fully saturated rings. The number of benzene rings is 3. The number of ether oxygens (including phenoxy) is 3. The van der Waals surface area contributed by atoms with E-state index in [1.54, 1.807) is 26.0 Å². The Morgan fingerprint density at radius 1 is 0.732 bits per heavy atom. The molecule has 56 heavy (non-hydrogen) atoms. The molecule has 0 bridgehead atoms. The molecule has 4 heterocycles. The van der Waals surface area contributed by atoms with Gasteiger partial charge in [-0.2, -0.15) is 15.3 Å².